The highest BCUT2D eigenvalue weighted by Gasteiger charge is 2.10. The highest BCUT2D eigenvalue weighted by molar-refractivity contribution is 7.99. The van der Waals surface area contributed by atoms with Gasteiger partial charge in [-0.25, -0.2) is 0 Å². The molecule has 1 rings (SSSR count). The van der Waals surface area contributed by atoms with Crippen molar-refractivity contribution in [3.63, 3.8) is 0 Å². The zero-order valence-corrected chi connectivity index (χ0v) is 10.4. The monoisotopic (exact) mass is 225 g/mol. The largest absolute Gasteiger partial charge is 0.311 e. The zero-order chi connectivity index (χ0) is 11.1. The van der Waals surface area contributed by atoms with Crippen molar-refractivity contribution in [2.45, 2.75) is 19.9 Å². The molecule has 0 amide bonds. The molecule has 0 fully saturated rings. The molecule has 15 heavy (non-hydrogen) atoms. The Morgan fingerprint density at radius 3 is 2.67 bits per heavy atom. The summed E-state index contributed by atoms with van der Waals surface area (Å²) < 4.78 is 0. The van der Waals surface area contributed by atoms with E-state index < -0.39 is 0 Å². The van der Waals surface area contributed by atoms with Gasteiger partial charge in [-0.2, -0.15) is 11.8 Å². The van der Waals surface area contributed by atoms with Crippen molar-refractivity contribution in [3.8, 4) is 0 Å². The van der Waals surface area contributed by atoms with Gasteiger partial charge in [-0.3, -0.25) is 9.97 Å². The molecule has 1 atom stereocenters. The lowest BCUT2D eigenvalue weighted by atomic mass is 10.2. The molecule has 0 aliphatic carbocycles. The van der Waals surface area contributed by atoms with Gasteiger partial charge in [0, 0.05) is 24.3 Å². The van der Waals surface area contributed by atoms with Crippen LogP contribution >= 0.6 is 11.8 Å². The summed E-state index contributed by atoms with van der Waals surface area (Å²) in [5.41, 5.74) is 1.02. The summed E-state index contributed by atoms with van der Waals surface area (Å²) in [5, 5.41) is 3.27. The number of thioether (sulfide) groups is 1. The SMILES string of the molecule is CNC(CSCC(C)C)c1cnccn1. The van der Waals surface area contributed by atoms with E-state index in [1.165, 1.54) is 5.75 Å². The van der Waals surface area contributed by atoms with Crippen molar-refractivity contribution in [2.75, 3.05) is 18.6 Å². The molecule has 0 aliphatic rings. The Kier molecular flexibility index (Phi) is 5.65. The van der Waals surface area contributed by atoms with Gasteiger partial charge in [-0.1, -0.05) is 13.8 Å². The topological polar surface area (TPSA) is 37.8 Å². The Bertz CT molecular complexity index is 264. The van der Waals surface area contributed by atoms with Crippen LogP contribution in [-0.2, 0) is 0 Å². The van der Waals surface area contributed by atoms with Gasteiger partial charge in [0.2, 0.25) is 0 Å². The quantitative estimate of drug-likeness (QED) is 0.805. The van der Waals surface area contributed by atoms with E-state index in [0.29, 0.717) is 6.04 Å². The lowest BCUT2D eigenvalue weighted by Crippen LogP contribution is -2.20. The molecule has 0 saturated carbocycles. The lowest BCUT2D eigenvalue weighted by Gasteiger charge is -2.15. The molecule has 0 radical (unpaired) electrons. The van der Waals surface area contributed by atoms with Gasteiger partial charge in [-0.15, -0.1) is 0 Å². The van der Waals surface area contributed by atoms with Gasteiger partial charge in [0.25, 0.3) is 0 Å². The van der Waals surface area contributed by atoms with E-state index in [-0.39, 0.29) is 0 Å². The van der Waals surface area contributed by atoms with Gasteiger partial charge in [0.1, 0.15) is 0 Å². The van der Waals surface area contributed by atoms with Crippen molar-refractivity contribution in [2.24, 2.45) is 5.92 Å². The second-order valence-electron chi connectivity index (χ2n) is 3.90. The summed E-state index contributed by atoms with van der Waals surface area (Å²) in [6.07, 6.45) is 5.28. The lowest BCUT2D eigenvalue weighted by molar-refractivity contribution is 0.636. The number of nitrogens with zero attached hydrogens (tertiary/aromatic N) is 2. The fraction of sp³-hybridized carbons (Fsp3) is 0.636. The maximum atomic E-state index is 4.31. The first-order valence-electron chi connectivity index (χ1n) is 5.25. The van der Waals surface area contributed by atoms with Crippen LogP contribution in [0.3, 0.4) is 0 Å². The number of nitrogens with one attached hydrogen (secondary N) is 1. The molecule has 1 N–H and O–H groups in total. The molecule has 1 unspecified atom stereocenters. The molecule has 0 aliphatic heterocycles. The molecule has 1 aromatic rings. The van der Waals surface area contributed by atoms with Crippen LogP contribution in [0.5, 0.6) is 0 Å². The number of hydrogen-bond donors (Lipinski definition) is 1. The Balaban J connectivity index is 2.43. The first-order valence-corrected chi connectivity index (χ1v) is 6.40. The van der Waals surface area contributed by atoms with Gasteiger partial charge in [0.15, 0.2) is 0 Å². The molecule has 0 spiro atoms. The minimum absolute atomic E-state index is 0.308. The van der Waals surface area contributed by atoms with Crippen LogP contribution in [0.1, 0.15) is 25.6 Å². The normalized spacial score (nSPS) is 13.1. The van der Waals surface area contributed by atoms with Crippen LogP contribution in [0.2, 0.25) is 0 Å². The van der Waals surface area contributed by atoms with Gasteiger partial charge in [0.05, 0.1) is 11.7 Å². The van der Waals surface area contributed by atoms with E-state index in [1.807, 2.05) is 25.0 Å². The Morgan fingerprint density at radius 1 is 1.33 bits per heavy atom. The van der Waals surface area contributed by atoms with Gasteiger partial charge >= 0.3 is 0 Å². The maximum absolute atomic E-state index is 4.31. The van der Waals surface area contributed by atoms with Crippen molar-refractivity contribution in [1.29, 1.82) is 0 Å². The minimum Gasteiger partial charge on any atom is -0.311 e. The highest BCUT2D eigenvalue weighted by Crippen LogP contribution is 2.17. The first kappa shape index (κ1) is 12.5. The Hall–Kier alpha value is -0.610. The molecular weight excluding hydrogens is 206 g/mol. The molecule has 0 saturated heterocycles. The van der Waals surface area contributed by atoms with Crippen LogP contribution in [0.25, 0.3) is 0 Å². The molecular formula is C11H19N3S. The number of aromatic nitrogens is 2. The molecule has 0 aromatic carbocycles. The van der Waals surface area contributed by atoms with E-state index in [0.717, 1.165) is 17.4 Å². The summed E-state index contributed by atoms with van der Waals surface area (Å²) in [7, 11) is 1.97. The Labute approximate surface area is 96.1 Å². The van der Waals surface area contributed by atoms with Crippen LogP contribution in [-0.4, -0.2) is 28.5 Å². The highest BCUT2D eigenvalue weighted by atomic mass is 32.2. The van der Waals surface area contributed by atoms with Crippen molar-refractivity contribution < 1.29 is 0 Å². The van der Waals surface area contributed by atoms with E-state index in [1.54, 1.807) is 12.4 Å². The van der Waals surface area contributed by atoms with Crippen molar-refractivity contribution in [3.05, 3.63) is 24.3 Å². The molecule has 1 aromatic heterocycles. The maximum Gasteiger partial charge on any atom is 0.0764 e. The molecule has 1 heterocycles. The summed E-state index contributed by atoms with van der Waals surface area (Å²) in [4.78, 5) is 8.39. The van der Waals surface area contributed by atoms with Crippen LogP contribution in [0, 0.1) is 5.92 Å². The fourth-order valence-corrected chi connectivity index (χ4v) is 2.41. The van der Waals surface area contributed by atoms with E-state index in [9.17, 15) is 0 Å². The first-order chi connectivity index (χ1) is 7.24. The smallest absolute Gasteiger partial charge is 0.0764 e. The van der Waals surface area contributed by atoms with E-state index in [2.05, 4.69) is 29.1 Å². The van der Waals surface area contributed by atoms with E-state index >= 15 is 0 Å². The standard InChI is InChI=1S/C11H19N3S/c1-9(2)7-15-8-11(12-3)10-6-13-4-5-14-10/h4-6,9,11-12H,7-8H2,1-3H3. The third-order valence-electron chi connectivity index (χ3n) is 2.02. The third-order valence-corrected chi connectivity index (χ3v) is 3.50. The summed E-state index contributed by atoms with van der Waals surface area (Å²) in [6.45, 7) is 4.48. The van der Waals surface area contributed by atoms with Crippen molar-refractivity contribution in [1.82, 2.24) is 15.3 Å². The van der Waals surface area contributed by atoms with Gasteiger partial charge in [-0.05, 0) is 18.7 Å². The van der Waals surface area contributed by atoms with Crippen LogP contribution in [0.15, 0.2) is 18.6 Å². The second-order valence-corrected chi connectivity index (χ2v) is 4.98. The third kappa shape index (κ3) is 4.62. The minimum atomic E-state index is 0.308. The fourth-order valence-electron chi connectivity index (χ4n) is 1.23. The second kappa shape index (κ2) is 6.80. The zero-order valence-electron chi connectivity index (χ0n) is 9.60. The molecule has 0 bridgehead atoms. The average Bonchev–Trinajstić information content (AvgIpc) is 2.25. The Morgan fingerprint density at radius 2 is 2.13 bits per heavy atom. The van der Waals surface area contributed by atoms with E-state index in [4.69, 9.17) is 0 Å². The summed E-state index contributed by atoms with van der Waals surface area (Å²) in [5.74, 6) is 2.99. The predicted molar refractivity (Wildman–Crippen MR) is 66.0 cm³/mol. The van der Waals surface area contributed by atoms with Crippen LogP contribution < -0.4 is 5.32 Å². The number of hydrogen-bond acceptors (Lipinski definition) is 4. The predicted octanol–water partition coefficient (Wildman–Crippen LogP) is 2.13. The van der Waals surface area contributed by atoms with Crippen LogP contribution in [0.4, 0.5) is 0 Å². The molecule has 3 nitrogen and oxygen atoms in total. The van der Waals surface area contributed by atoms with Gasteiger partial charge < -0.3 is 5.32 Å². The summed E-state index contributed by atoms with van der Waals surface area (Å²) in [6, 6.07) is 0.308. The molecule has 84 valence electrons. The molecule has 4 heteroatoms. The summed E-state index contributed by atoms with van der Waals surface area (Å²) >= 11 is 1.96. The number of rotatable bonds is 6. The average molecular weight is 225 g/mol. The van der Waals surface area contributed by atoms with Crippen molar-refractivity contribution >= 4 is 11.8 Å².